The maximum atomic E-state index is 13.3. The summed E-state index contributed by atoms with van der Waals surface area (Å²) in [6.07, 6.45) is 9.76. The third-order valence-electron chi connectivity index (χ3n) is 7.55. The molecule has 2 fully saturated rings. The molecular formula is C26H27FN6O4. The van der Waals surface area contributed by atoms with Crippen molar-refractivity contribution in [3.05, 3.63) is 53.0 Å². The maximum Gasteiger partial charge on any atom is 0.298 e. The van der Waals surface area contributed by atoms with Gasteiger partial charge in [0, 0.05) is 32.1 Å². The zero-order valence-corrected chi connectivity index (χ0v) is 20.4. The van der Waals surface area contributed by atoms with E-state index in [2.05, 4.69) is 16.0 Å². The highest BCUT2D eigenvalue weighted by atomic mass is 19.1. The lowest BCUT2D eigenvalue weighted by molar-refractivity contribution is -0.147. The van der Waals surface area contributed by atoms with Gasteiger partial charge in [0.1, 0.15) is 17.5 Å². The second-order valence-corrected chi connectivity index (χ2v) is 9.88. The molecule has 0 bridgehead atoms. The minimum absolute atomic E-state index is 0.0216. The molecule has 2 aliphatic rings. The normalized spacial score (nSPS) is 20.8. The van der Waals surface area contributed by atoms with Crippen molar-refractivity contribution in [3.63, 3.8) is 0 Å². The van der Waals surface area contributed by atoms with Gasteiger partial charge in [-0.05, 0) is 55.9 Å². The van der Waals surface area contributed by atoms with Crippen molar-refractivity contribution in [2.45, 2.75) is 43.9 Å². The van der Waals surface area contributed by atoms with Gasteiger partial charge in [0.15, 0.2) is 5.65 Å². The lowest BCUT2D eigenvalue weighted by Gasteiger charge is -2.44. The van der Waals surface area contributed by atoms with E-state index in [0.717, 1.165) is 0 Å². The van der Waals surface area contributed by atoms with Gasteiger partial charge in [-0.25, -0.2) is 14.1 Å². The molecule has 0 atom stereocenters. The Kier molecular flexibility index (Phi) is 6.29. The molecule has 3 heterocycles. The van der Waals surface area contributed by atoms with Crippen molar-refractivity contribution in [1.82, 2.24) is 29.1 Å². The fourth-order valence-corrected chi connectivity index (χ4v) is 5.08. The number of carbonyl (C=O) groups is 2. The number of amides is 2. The van der Waals surface area contributed by atoms with Crippen LogP contribution in [0.3, 0.4) is 0 Å². The monoisotopic (exact) mass is 506 g/mol. The molecule has 0 unspecified atom stereocenters. The van der Waals surface area contributed by atoms with Crippen LogP contribution >= 0.6 is 0 Å². The number of terminal acetylenes is 1. The molecule has 1 N–H and O–H groups in total. The van der Waals surface area contributed by atoms with Gasteiger partial charge in [0.25, 0.3) is 11.5 Å². The molecule has 1 aliphatic heterocycles. The average molecular weight is 507 g/mol. The zero-order valence-electron chi connectivity index (χ0n) is 20.4. The van der Waals surface area contributed by atoms with Crippen LogP contribution in [0.1, 0.15) is 25.7 Å². The Morgan fingerprint density at radius 1 is 1.24 bits per heavy atom. The Morgan fingerprint density at radius 3 is 2.57 bits per heavy atom. The summed E-state index contributed by atoms with van der Waals surface area (Å²) in [7, 11) is 1.65. The molecule has 10 nitrogen and oxygen atoms in total. The number of hydrogen-bond donors (Lipinski definition) is 1. The summed E-state index contributed by atoms with van der Waals surface area (Å²) in [5.74, 6) is 1.20. The molecule has 5 rings (SSSR count). The van der Waals surface area contributed by atoms with Crippen LogP contribution in [-0.4, -0.2) is 77.8 Å². The van der Waals surface area contributed by atoms with E-state index in [1.54, 1.807) is 24.1 Å². The first-order chi connectivity index (χ1) is 17.7. The number of carbonyl (C=O) groups excluding carboxylic acids is 2. The van der Waals surface area contributed by atoms with Crippen molar-refractivity contribution in [3.8, 4) is 18.0 Å². The van der Waals surface area contributed by atoms with E-state index in [-0.39, 0.29) is 47.1 Å². The molecule has 0 radical (unpaired) electrons. The lowest BCUT2D eigenvalue weighted by Crippen LogP contribution is -2.54. The molecule has 0 spiro atoms. The summed E-state index contributed by atoms with van der Waals surface area (Å²) in [5, 5.41) is 15.7. The molecule has 2 amide bonds. The van der Waals surface area contributed by atoms with E-state index in [1.807, 2.05) is 0 Å². The van der Waals surface area contributed by atoms with Crippen molar-refractivity contribution in [2.75, 3.05) is 20.1 Å². The Hall–Kier alpha value is -4.04. The molecule has 37 heavy (non-hydrogen) atoms. The number of hydrogen-bond acceptors (Lipinski definition) is 6. The summed E-state index contributed by atoms with van der Waals surface area (Å²) in [4.78, 5) is 45.3. The number of rotatable bonds is 5. The van der Waals surface area contributed by atoms with E-state index in [4.69, 9.17) is 6.42 Å². The molecular weight excluding hydrogens is 479 g/mol. The third-order valence-corrected chi connectivity index (χ3v) is 7.55. The van der Waals surface area contributed by atoms with E-state index < -0.39 is 5.60 Å². The average Bonchev–Trinajstić information content (AvgIpc) is 3.30. The Morgan fingerprint density at radius 2 is 1.92 bits per heavy atom. The van der Waals surface area contributed by atoms with E-state index in [1.165, 1.54) is 38.8 Å². The van der Waals surface area contributed by atoms with Gasteiger partial charge in [-0.1, -0.05) is 0 Å². The van der Waals surface area contributed by atoms with E-state index >= 15 is 0 Å². The van der Waals surface area contributed by atoms with Crippen LogP contribution in [0.5, 0.6) is 0 Å². The van der Waals surface area contributed by atoms with Crippen LogP contribution in [0, 0.1) is 24.1 Å². The standard InChI is InChI=1S/C26H27FN6O4/c1-3-22(34)30(2)20-12-17(13-20)24(35)31-10-8-26(37,9-11-31)15-32-16-28-23-21(25(32)36)14-29-33(23)19-6-4-18(27)5-7-19/h1,4-7,14,16-17,20,37H,8-13,15H2,2H3/t17-,20-. The van der Waals surface area contributed by atoms with Gasteiger partial charge >= 0.3 is 0 Å². The number of benzene rings is 1. The SMILES string of the molecule is C#CC(=O)N(C)[C@H]1C[C@H](C(=O)N2CCC(O)(Cn3cnc4c(cnn4-c4ccc(F)cc4)c3=O)CC2)C1. The number of fused-ring (bicyclic) bond motifs is 1. The predicted molar refractivity (Wildman–Crippen MR) is 132 cm³/mol. The second-order valence-electron chi connectivity index (χ2n) is 9.88. The van der Waals surface area contributed by atoms with E-state index in [9.17, 15) is 23.9 Å². The van der Waals surface area contributed by atoms with Crippen molar-refractivity contribution in [2.24, 2.45) is 5.92 Å². The first kappa shape index (κ1) is 24.6. The summed E-state index contributed by atoms with van der Waals surface area (Å²) < 4.78 is 16.1. The first-order valence-electron chi connectivity index (χ1n) is 12.1. The van der Waals surface area contributed by atoms with E-state index in [0.29, 0.717) is 50.1 Å². The Balaban J connectivity index is 1.22. The summed E-state index contributed by atoms with van der Waals surface area (Å²) in [6.45, 7) is 0.800. The van der Waals surface area contributed by atoms with Crippen molar-refractivity contribution < 1.29 is 19.1 Å². The quantitative estimate of drug-likeness (QED) is 0.516. The van der Waals surface area contributed by atoms with Crippen LogP contribution < -0.4 is 5.56 Å². The smallest absolute Gasteiger partial charge is 0.298 e. The van der Waals surface area contributed by atoms with Gasteiger partial charge in [0.2, 0.25) is 5.91 Å². The number of piperidine rings is 1. The highest BCUT2D eigenvalue weighted by Gasteiger charge is 2.42. The molecule has 1 saturated heterocycles. The van der Waals surface area contributed by atoms with Gasteiger partial charge in [-0.3, -0.25) is 19.0 Å². The van der Waals surface area contributed by atoms with Crippen LogP contribution in [0.15, 0.2) is 41.6 Å². The molecule has 2 aromatic heterocycles. The number of aromatic nitrogens is 4. The Labute approximate surface area is 212 Å². The number of aliphatic hydroxyl groups is 1. The van der Waals surface area contributed by atoms with Gasteiger partial charge < -0.3 is 14.9 Å². The highest BCUT2D eigenvalue weighted by molar-refractivity contribution is 5.93. The first-order valence-corrected chi connectivity index (χ1v) is 12.1. The highest BCUT2D eigenvalue weighted by Crippen LogP contribution is 2.34. The van der Waals surface area contributed by atoms with Crippen LogP contribution in [0.4, 0.5) is 4.39 Å². The minimum Gasteiger partial charge on any atom is -0.388 e. The zero-order chi connectivity index (χ0) is 26.3. The molecule has 1 aliphatic carbocycles. The molecule has 1 aromatic carbocycles. The second kappa shape index (κ2) is 9.44. The third kappa shape index (κ3) is 4.60. The molecule has 11 heteroatoms. The largest absolute Gasteiger partial charge is 0.388 e. The number of nitrogens with zero attached hydrogens (tertiary/aromatic N) is 6. The lowest BCUT2D eigenvalue weighted by atomic mass is 9.78. The number of halogens is 1. The molecule has 1 saturated carbocycles. The molecule has 3 aromatic rings. The molecule has 192 valence electrons. The van der Waals surface area contributed by atoms with Crippen molar-refractivity contribution >= 4 is 22.8 Å². The van der Waals surface area contributed by atoms with Gasteiger partial charge in [-0.2, -0.15) is 5.10 Å². The summed E-state index contributed by atoms with van der Waals surface area (Å²) >= 11 is 0. The summed E-state index contributed by atoms with van der Waals surface area (Å²) in [6, 6.07) is 5.68. The maximum absolute atomic E-state index is 13.3. The summed E-state index contributed by atoms with van der Waals surface area (Å²) in [5.41, 5.74) is -0.585. The fourth-order valence-electron chi connectivity index (χ4n) is 5.08. The predicted octanol–water partition coefficient (Wildman–Crippen LogP) is 0.945. The minimum atomic E-state index is -1.16. The van der Waals surface area contributed by atoms with Crippen LogP contribution in [0.25, 0.3) is 16.7 Å². The van der Waals surface area contributed by atoms with Crippen LogP contribution in [-0.2, 0) is 16.1 Å². The van der Waals surface area contributed by atoms with Gasteiger partial charge in [-0.15, -0.1) is 6.42 Å². The fraction of sp³-hybridized carbons (Fsp3) is 0.423. The Bertz CT molecular complexity index is 1440. The van der Waals surface area contributed by atoms with Crippen molar-refractivity contribution in [1.29, 1.82) is 0 Å². The topological polar surface area (TPSA) is 114 Å². The van der Waals surface area contributed by atoms with Gasteiger partial charge in [0.05, 0.1) is 24.0 Å². The van der Waals surface area contributed by atoms with Crippen LogP contribution in [0.2, 0.25) is 0 Å². The number of likely N-dealkylation sites (tertiary alicyclic amines) is 1.